The summed E-state index contributed by atoms with van der Waals surface area (Å²) in [6, 6.07) is 0. The van der Waals surface area contributed by atoms with E-state index in [1.54, 1.807) is 0 Å². The Morgan fingerprint density at radius 2 is 1.63 bits per heavy atom. The Labute approximate surface area is 190 Å². The summed E-state index contributed by atoms with van der Waals surface area (Å²) in [5, 5.41) is 0. The van der Waals surface area contributed by atoms with Crippen molar-refractivity contribution in [2.24, 2.45) is 0 Å². The quantitative estimate of drug-likeness (QED) is 0.120. The van der Waals surface area contributed by atoms with Gasteiger partial charge in [0.1, 0.15) is 0 Å². The zero-order chi connectivity index (χ0) is 19.7. The van der Waals surface area contributed by atoms with Gasteiger partial charge in [-0.05, 0) is 12.8 Å². The largest absolute Gasteiger partial charge is 4.00 e. The maximum atomic E-state index is 3.72. The van der Waals surface area contributed by atoms with Crippen molar-refractivity contribution in [2.45, 2.75) is 90.9 Å². The van der Waals surface area contributed by atoms with Crippen LogP contribution in [0.2, 0.25) is 0 Å². The van der Waals surface area contributed by atoms with Gasteiger partial charge in [0.15, 0.2) is 0 Å². The second-order valence-electron chi connectivity index (χ2n) is 6.26. The topological polar surface area (TPSA) is 0 Å². The number of hydrogen-bond donors (Lipinski definition) is 0. The van der Waals surface area contributed by atoms with E-state index in [1.807, 2.05) is 18.2 Å². The normalized spacial score (nSPS) is 12.5. The van der Waals surface area contributed by atoms with E-state index in [9.17, 15) is 0 Å². The molecule has 0 fully saturated rings. The third-order valence-electron chi connectivity index (χ3n) is 3.66. The Kier molecular flexibility index (Phi) is 35.1. The number of unbranched alkanes of at least 4 members (excludes halogenated alkanes) is 6. The minimum Gasteiger partial charge on any atom is -0.343 e. The van der Waals surface area contributed by atoms with E-state index >= 15 is 0 Å². The molecule has 150 valence electrons. The van der Waals surface area contributed by atoms with E-state index in [4.69, 9.17) is 0 Å². The molecule has 0 radical (unpaired) electrons. The molecule has 27 heavy (non-hydrogen) atoms. The van der Waals surface area contributed by atoms with Crippen LogP contribution in [0.3, 0.4) is 0 Å². The fraction of sp³-hybridized carbons (Fsp3) is 0.538. The van der Waals surface area contributed by atoms with E-state index in [0.717, 1.165) is 25.7 Å². The van der Waals surface area contributed by atoms with Crippen molar-refractivity contribution in [2.75, 3.05) is 0 Å². The van der Waals surface area contributed by atoms with Gasteiger partial charge in [-0.15, -0.1) is 19.4 Å². The molecule has 0 spiro atoms. The Morgan fingerprint density at radius 3 is 2.00 bits per heavy atom. The van der Waals surface area contributed by atoms with Crippen molar-refractivity contribution >= 4 is 0 Å². The summed E-state index contributed by atoms with van der Waals surface area (Å²) < 4.78 is 0. The first-order valence-electron chi connectivity index (χ1n) is 10.4. The van der Waals surface area contributed by atoms with Gasteiger partial charge in [0.25, 0.3) is 0 Å². The minimum absolute atomic E-state index is 0. The number of rotatable bonds is 9. The molecular formula is C26H42Hf. The smallest absolute Gasteiger partial charge is 0.343 e. The molecule has 0 atom stereocenters. The van der Waals surface area contributed by atoms with Gasteiger partial charge in [-0.1, -0.05) is 58.4 Å². The third-order valence-corrected chi connectivity index (χ3v) is 3.66. The fourth-order valence-corrected chi connectivity index (χ4v) is 1.92. The van der Waals surface area contributed by atoms with Gasteiger partial charge in [0, 0.05) is 0 Å². The van der Waals surface area contributed by atoms with Crippen LogP contribution in [0.4, 0.5) is 0 Å². The summed E-state index contributed by atoms with van der Waals surface area (Å²) in [6.45, 7) is 15.2. The molecule has 2 rings (SSSR count). The summed E-state index contributed by atoms with van der Waals surface area (Å²) in [7, 11) is 0. The van der Waals surface area contributed by atoms with E-state index < -0.39 is 0 Å². The Balaban J connectivity index is -0.000000340. The molecule has 0 nitrogen and oxygen atoms in total. The first-order chi connectivity index (χ1) is 12.8. The van der Waals surface area contributed by atoms with Crippen LogP contribution in [0.1, 0.15) is 90.9 Å². The molecule has 1 heteroatoms. The number of allylic oxidation sites excluding steroid dienone is 9. The molecule has 0 bridgehead atoms. The molecule has 0 N–H and O–H groups in total. The zero-order valence-electron chi connectivity index (χ0n) is 18.1. The Morgan fingerprint density at radius 1 is 1.00 bits per heavy atom. The maximum absolute atomic E-state index is 3.72. The summed E-state index contributed by atoms with van der Waals surface area (Å²) in [6.07, 6.45) is 33.1. The third kappa shape index (κ3) is 30.5. The molecule has 0 aromatic heterocycles. The molecular weight excluding hydrogens is 491 g/mol. The summed E-state index contributed by atoms with van der Waals surface area (Å²) in [5.74, 6) is 0. The van der Waals surface area contributed by atoms with Crippen LogP contribution in [-0.4, -0.2) is 0 Å². The minimum atomic E-state index is 0. The summed E-state index contributed by atoms with van der Waals surface area (Å²) >= 11 is 0. The van der Waals surface area contributed by atoms with Gasteiger partial charge < -0.3 is 13.8 Å². The molecule has 2 aliphatic carbocycles. The molecule has 0 unspecified atom stereocenters. The summed E-state index contributed by atoms with van der Waals surface area (Å²) in [5.41, 5.74) is 1.42. The van der Waals surface area contributed by atoms with E-state index in [2.05, 4.69) is 64.7 Å². The predicted molar refractivity (Wildman–Crippen MR) is 121 cm³/mol. The van der Waals surface area contributed by atoms with Crippen LogP contribution >= 0.6 is 0 Å². The van der Waals surface area contributed by atoms with Crippen molar-refractivity contribution in [3.05, 3.63) is 74.6 Å². The average Bonchev–Trinajstić information content (AvgIpc) is 3.41. The SMILES string of the molecule is C=CCCCCCCC1=[C-]CC=C1.[C-]1=CC=CC1.[CH2-]CCC.[CH2-]CCC.[Hf+4]. The summed E-state index contributed by atoms with van der Waals surface area (Å²) in [4.78, 5) is 0. The molecule has 0 aromatic rings. The van der Waals surface area contributed by atoms with Crippen LogP contribution in [-0.2, 0) is 25.8 Å². The van der Waals surface area contributed by atoms with Crippen molar-refractivity contribution in [3.63, 3.8) is 0 Å². The fourth-order valence-electron chi connectivity index (χ4n) is 1.92. The Bertz CT molecular complexity index is 367. The molecule has 0 saturated carbocycles. The number of hydrogen-bond acceptors (Lipinski definition) is 0. The molecule has 0 saturated heterocycles. The molecule has 0 aromatic carbocycles. The van der Waals surface area contributed by atoms with Gasteiger partial charge in [0.2, 0.25) is 0 Å². The van der Waals surface area contributed by atoms with Gasteiger partial charge in [0.05, 0.1) is 0 Å². The van der Waals surface area contributed by atoms with Gasteiger partial charge in [-0.25, -0.2) is 23.8 Å². The van der Waals surface area contributed by atoms with Crippen molar-refractivity contribution in [3.8, 4) is 0 Å². The van der Waals surface area contributed by atoms with Crippen LogP contribution < -0.4 is 0 Å². The van der Waals surface area contributed by atoms with Crippen molar-refractivity contribution in [1.82, 2.24) is 0 Å². The van der Waals surface area contributed by atoms with Gasteiger partial charge >= 0.3 is 25.8 Å². The van der Waals surface area contributed by atoms with Crippen LogP contribution in [0.25, 0.3) is 0 Å². The van der Waals surface area contributed by atoms with Gasteiger partial charge in [-0.3, -0.25) is 12.2 Å². The molecule has 0 heterocycles. The monoisotopic (exact) mass is 534 g/mol. The van der Waals surface area contributed by atoms with Crippen molar-refractivity contribution in [1.29, 1.82) is 0 Å². The molecule has 2 aliphatic rings. The van der Waals surface area contributed by atoms with E-state index in [1.165, 1.54) is 56.9 Å². The first-order valence-corrected chi connectivity index (χ1v) is 10.4. The predicted octanol–water partition coefficient (Wildman–Crippen LogP) is 8.75. The average molecular weight is 533 g/mol. The van der Waals surface area contributed by atoms with E-state index in [0.29, 0.717) is 0 Å². The molecule has 0 aliphatic heterocycles. The van der Waals surface area contributed by atoms with Crippen LogP contribution in [0, 0.1) is 26.0 Å². The maximum Gasteiger partial charge on any atom is 4.00 e. The Hall–Kier alpha value is -0.430. The van der Waals surface area contributed by atoms with Crippen LogP contribution in [0.5, 0.6) is 0 Å². The molecule has 0 amide bonds. The van der Waals surface area contributed by atoms with E-state index in [-0.39, 0.29) is 25.8 Å². The standard InChI is InChI=1S/C13H19.C5H5.2C4H9.Hf/c1-2-3-4-5-6-7-10-13-11-8-9-12-13;1-2-4-5-3-1;2*1-3-4-2;/h2,8,11H,1,3-7,9-10H2;1-3H,4H2;2*1,3-4H2,2H3;/q4*-1;+4. The van der Waals surface area contributed by atoms with Crippen molar-refractivity contribution < 1.29 is 25.8 Å². The van der Waals surface area contributed by atoms with Crippen LogP contribution in [0.15, 0.2) is 48.6 Å². The zero-order valence-corrected chi connectivity index (χ0v) is 21.7. The first kappa shape index (κ1) is 31.3. The second-order valence-corrected chi connectivity index (χ2v) is 6.26. The van der Waals surface area contributed by atoms with Gasteiger partial charge in [-0.2, -0.15) is 25.0 Å². The second kappa shape index (κ2) is 30.3.